The molecule has 0 fully saturated rings. The van der Waals surface area contributed by atoms with Crippen LogP contribution in [-0.4, -0.2) is 9.13 Å². The summed E-state index contributed by atoms with van der Waals surface area (Å²) in [6.45, 7) is 0. The van der Waals surface area contributed by atoms with Crippen molar-refractivity contribution >= 4 is 75.1 Å². The fraction of sp³-hybridized carbons (Fsp3) is 0.0256. The van der Waals surface area contributed by atoms with Crippen molar-refractivity contribution in [3.8, 4) is 16.8 Å². The molecule has 9 rings (SSSR count). The third-order valence-corrected chi connectivity index (χ3v) is 10.1. The highest BCUT2D eigenvalue weighted by Crippen LogP contribution is 2.40. The van der Waals surface area contributed by atoms with Gasteiger partial charge in [-0.3, -0.25) is 9.59 Å². The van der Waals surface area contributed by atoms with Gasteiger partial charge in [0.05, 0.1) is 22.1 Å². The van der Waals surface area contributed by atoms with Crippen molar-refractivity contribution < 1.29 is 0 Å². The van der Waals surface area contributed by atoms with E-state index in [2.05, 4.69) is 53.1 Å². The van der Waals surface area contributed by atoms with E-state index in [9.17, 15) is 9.59 Å². The van der Waals surface area contributed by atoms with E-state index >= 15 is 0 Å². The minimum absolute atomic E-state index is 0.0380. The van der Waals surface area contributed by atoms with Crippen LogP contribution >= 0.6 is 11.3 Å². The molecule has 5 heteroatoms. The Morgan fingerprint density at radius 2 is 1.16 bits per heavy atom. The lowest BCUT2D eigenvalue weighted by Crippen LogP contribution is -2.14. The maximum atomic E-state index is 14.4. The number of hydrogen-bond acceptors (Lipinski definition) is 3. The zero-order valence-corrected chi connectivity index (χ0v) is 24.6. The molecule has 3 aromatic heterocycles. The summed E-state index contributed by atoms with van der Waals surface area (Å²) in [5, 5.41) is 4.96. The van der Waals surface area contributed by atoms with Gasteiger partial charge in [-0.15, -0.1) is 11.3 Å². The van der Waals surface area contributed by atoms with Crippen LogP contribution in [0.3, 0.4) is 0 Å². The van der Waals surface area contributed by atoms with Gasteiger partial charge in [0.1, 0.15) is 0 Å². The molecule has 0 saturated carbocycles. The highest BCUT2D eigenvalue weighted by atomic mass is 32.1. The molecule has 6 aromatic carbocycles. The number of aromatic nitrogens is 2. The summed E-state index contributed by atoms with van der Waals surface area (Å²) in [5.74, 6) is 0. The Balaban J connectivity index is 1.37. The normalized spacial score (nSPS) is 11.9. The minimum atomic E-state index is -0.0411. The molecule has 0 spiro atoms. The van der Waals surface area contributed by atoms with Crippen molar-refractivity contribution in [2.75, 3.05) is 0 Å². The zero-order chi connectivity index (χ0) is 29.5. The number of nitrogens with zero attached hydrogens (tertiary/aromatic N) is 2. The second kappa shape index (κ2) is 9.24. The first-order valence-corrected chi connectivity index (χ1v) is 15.4. The van der Waals surface area contributed by atoms with E-state index in [0.29, 0.717) is 21.5 Å². The van der Waals surface area contributed by atoms with Crippen molar-refractivity contribution in [2.24, 2.45) is 7.05 Å². The quantitative estimate of drug-likeness (QED) is 0.190. The summed E-state index contributed by atoms with van der Waals surface area (Å²) < 4.78 is 6.60. The zero-order valence-electron chi connectivity index (χ0n) is 23.7. The highest BCUT2D eigenvalue weighted by Gasteiger charge is 2.18. The molecular weight excluding hydrogens is 561 g/mol. The maximum absolute atomic E-state index is 14.4. The van der Waals surface area contributed by atoms with E-state index in [1.807, 2.05) is 90.5 Å². The Labute approximate surface area is 255 Å². The van der Waals surface area contributed by atoms with Gasteiger partial charge in [0, 0.05) is 54.5 Å². The average Bonchev–Trinajstić information content (AvgIpc) is 3.46. The van der Waals surface area contributed by atoms with E-state index in [-0.39, 0.29) is 10.9 Å². The molecule has 9 aromatic rings. The third kappa shape index (κ3) is 3.44. The Morgan fingerprint density at radius 3 is 2.02 bits per heavy atom. The molecule has 0 amide bonds. The van der Waals surface area contributed by atoms with Crippen LogP contribution in [0.1, 0.15) is 0 Å². The lowest BCUT2D eigenvalue weighted by Gasteiger charge is -2.17. The number of fused-ring (bicyclic) bond motifs is 7. The fourth-order valence-corrected chi connectivity index (χ4v) is 8.06. The fourth-order valence-electron chi connectivity index (χ4n) is 6.82. The van der Waals surface area contributed by atoms with Crippen molar-refractivity contribution in [1.82, 2.24) is 9.13 Å². The van der Waals surface area contributed by atoms with Gasteiger partial charge in [-0.05, 0) is 65.7 Å². The average molecular weight is 585 g/mol. The number of hydrogen-bond donors (Lipinski definition) is 0. The topological polar surface area (TPSA) is 44.0 Å². The van der Waals surface area contributed by atoms with Gasteiger partial charge in [-0.1, -0.05) is 72.8 Å². The first kappa shape index (κ1) is 25.0. The van der Waals surface area contributed by atoms with Crippen LogP contribution in [0.4, 0.5) is 0 Å². The number of aryl methyl sites for hydroxylation is 1. The number of thiophene rings is 1. The maximum Gasteiger partial charge on any atom is 0.197 e. The van der Waals surface area contributed by atoms with E-state index in [4.69, 9.17) is 0 Å². The molecule has 4 nitrogen and oxygen atoms in total. The van der Waals surface area contributed by atoms with E-state index in [1.165, 1.54) is 20.2 Å². The number of benzene rings is 6. The highest BCUT2D eigenvalue weighted by molar-refractivity contribution is 7.26. The van der Waals surface area contributed by atoms with Crippen LogP contribution in [0.15, 0.2) is 137 Å². The smallest absolute Gasteiger partial charge is 0.197 e. The predicted molar refractivity (Wildman–Crippen MR) is 186 cm³/mol. The number of pyridine rings is 2. The molecule has 0 unspecified atom stereocenters. The monoisotopic (exact) mass is 584 g/mol. The van der Waals surface area contributed by atoms with E-state index in [1.54, 1.807) is 11.3 Å². The first-order chi connectivity index (χ1) is 21.6. The summed E-state index contributed by atoms with van der Waals surface area (Å²) in [4.78, 5) is 28.2. The van der Waals surface area contributed by atoms with Crippen molar-refractivity contribution in [3.63, 3.8) is 0 Å². The summed E-state index contributed by atoms with van der Waals surface area (Å²) in [5.41, 5.74) is 6.09. The molecule has 0 radical (unpaired) electrons. The van der Waals surface area contributed by atoms with Crippen LogP contribution in [0.5, 0.6) is 0 Å². The third-order valence-electron chi connectivity index (χ3n) is 8.93. The number of para-hydroxylation sites is 2. The molecule has 44 heavy (non-hydrogen) atoms. The molecule has 3 heterocycles. The SMILES string of the molecule is Cn1c2ccc(-c3cccc4c3sc3ccccc34)cc2c(=O)c2cc3c(cc21)c(=O)c1ccccc1n3-c1ccccc1. The predicted octanol–water partition coefficient (Wildman–Crippen LogP) is 9.18. The van der Waals surface area contributed by atoms with E-state index in [0.717, 1.165) is 38.9 Å². The minimum Gasteiger partial charge on any atom is -0.343 e. The van der Waals surface area contributed by atoms with Gasteiger partial charge in [-0.25, -0.2) is 0 Å². The van der Waals surface area contributed by atoms with Crippen molar-refractivity contribution in [3.05, 3.63) is 148 Å². The van der Waals surface area contributed by atoms with Gasteiger partial charge in [0.15, 0.2) is 10.9 Å². The summed E-state index contributed by atoms with van der Waals surface area (Å²) in [7, 11) is 1.97. The van der Waals surface area contributed by atoms with Crippen LogP contribution in [0.2, 0.25) is 0 Å². The Morgan fingerprint density at radius 1 is 0.500 bits per heavy atom. The van der Waals surface area contributed by atoms with Crippen molar-refractivity contribution in [2.45, 2.75) is 0 Å². The molecule has 0 aliphatic carbocycles. The van der Waals surface area contributed by atoms with Gasteiger partial charge >= 0.3 is 0 Å². The molecule has 0 aliphatic heterocycles. The van der Waals surface area contributed by atoms with Gasteiger partial charge in [0.25, 0.3) is 0 Å². The second-order valence-corrected chi connectivity index (χ2v) is 12.4. The van der Waals surface area contributed by atoms with Gasteiger partial charge in [0.2, 0.25) is 0 Å². The molecular formula is C39H24N2O2S. The van der Waals surface area contributed by atoms with E-state index < -0.39 is 0 Å². The lowest BCUT2D eigenvalue weighted by molar-refractivity contribution is 1.00. The molecule has 0 N–H and O–H groups in total. The molecule has 0 atom stereocenters. The Hall–Kier alpha value is -5.52. The lowest BCUT2D eigenvalue weighted by atomic mass is 9.99. The Kier molecular flexibility index (Phi) is 5.25. The van der Waals surface area contributed by atoms with Crippen LogP contribution in [0, 0.1) is 0 Å². The van der Waals surface area contributed by atoms with Crippen LogP contribution < -0.4 is 10.9 Å². The largest absolute Gasteiger partial charge is 0.343 e. The standard InChI is InChI=1S/C39H24N2O2S/c1-40-32-19-18-23(25-14-9-15-27-26-12-6-8-17-36(26)44-39(25)27)20-29(32)38(43)30-22-35-31(21-34(30)40)37(42)28-13-5-7-16-33(28)41(35)24-10-3-2-4-11-24/h2-22H,1H3. The molecule has 0 aliphatic rings. The molecule has 0 saturated heterocycles. The summed E-state index contributed by atoms with van der Waals surface area (Å²) in [6, 6.07) is 42.5. The van der Waals surface area contributed by atoms with Crippen molar-refractivity contribution in [1.29, 1.82) is 0 Å². The Bertz CT molecular complexity index is 2770. The van der Waals surface area contributed by atoms with Crippen LogP contribution in [0.25, 0.3) is 80.6 Å². The molecule has 208 valence electrons. The summed E-state index contributed by atoms with van der Waals surface area (Å²) in [6.07, 6.45) is 0. The van der Waals surface area contributed by atoms with Crippen LogP contribution in [-0.2, 0) is 7.05 Å². The van der Waals surface area contributed by atoms with Gasteiger partial charge in [-0.2, -0.15) is 0 Å². The van der Waals surface area contributed by atoms with Gasteiger partial charge < -0.3 is 9.13 Å². The first-order valence-electron chi connectivity index (χ1n) is 14.6. The second-order valence-electron chi connectivity index (χ2n) is 11.3. The number of rotatable bonds is 2. The summed E-state index contributed by atoms with van der Waals surface area (Å²) >= 11 is 1.79. The molecule has 0 bridgehead atoms.